The van der Waals surface area contributed by atoms with E-state index in [0.717, 1.165) is 11.1 Å². The van der Waals surface area contributed by atoms with Crippen molar-refractivity contribution in [3.05, 3.63) is 58.6 Å². The summed E-state index contributed by atoms with van der Waals surface area (Å²) < 4.78 is 17.1. The van der Waals surface area contributed by atoms with Crippen molar-refractivity contribution in [1.82, 2.24) is 4.90 Å². The number of amides is 1. The van der Waals surface area contributed by atoms with Gasteiger partial charge in [0.15, 0.2) is 16.9 Å². The Morgan fingerprint density at radius 1 is 1.24 bits per heavy atom. The summed E-state index contributed by atoms with van der Waals surface area (Å²) in [5.41, 5.74) is 1.74. The van der Waals surface area contributed by atoms with E-state index in [1.807, 2.05) is 43.3 Å². The molecule has 0 aliphatic carbocycles. The van der Waals surface area contributed by atoms with Crippen molar-refractivity contribution in [1.29, 1.82) is 0 Å². The molecular formula is C21H22ClNO5S. The number of rotatable bonds is 6. The van der Waals surface area contributed by atoms with Crippen molar-refractivity contribution in [3.8, 4) is 11.5 Å². The normalized spacial score (nSPS) is 21.8. The van der Waals surface area contributed by atoms with Gasteiger partial charge in [-0.15, -0.1) is 0 Å². The predicted octanol–water partition coefficient (Wildman–Crippen LogP) is 4.24. The first-order chi connectivity index (χ1) is 14.0. The zero-order chi connectivity index (χ0) is 20.4. The minimum Gasteiger partial charge on any atom is -0.485 e. The topological polar surface area (TPSA) is 68.2 Å². The molecule has 3 unspecified atom stereocenters. The van der Waals surface area contributed by atoms with Gasteiger partial charge in [-0.25, -0.2) is 4.79 Å². The number of fused-ring (bicyclic) bond motifs is 1. The molecule has 2 aliphatic rings. The molecule has 1 fully saturated rings. The Morgan fingerprint density at radius 3 is 2.90 bits per heavy atom. The monoisotopic (exact) mass is 435 g/mol. The van der Waals surface area contributed by atoms with Crippen LogP contribution in [0.15, 0.2) is 42.5 Å². The van der Waals surface area contributed by atoms with Crippen LogP contribution in [0.5, 0.6) is 11.5 Å². The van der Waals surface area contributed by atoms with Crippen molar-refractivity contribution in [2.24, 2.45) is 0 Å². The quantitative estimate of drug-likeness (QED) is 0.684. The Bertz CT molecular complexity index is 895. The zero-order valence-electron chi connectivity index (χ0n) is 15.9. The summed E-state index contributed by atoms with van der Waals surface area (Å²) in [7, 11) is 0. The summed E-state index contributed by atoms with van der Waals surface area (Å²) in [6, 6.07) is 13.2. The van der Waals surface area contributed by atoms with Gasteiger partial charge in [-0.3, -0.25) is 0 Å². The molecule has 8 heteroatoms. The first-order valence-corrected chi connectivity index (χ1v) is 10.8. The van der Waals surface area contributed by atoms with Gasteiger partial charge in [0.25, 0.3) is 0 Å². The van der Waals surface area contributed by atoms with Crippen molar-refractivity contribution in [3.63, 3.8) is 0 Å². The van der Waals surface area contributed by atoms with E-state index in [1.54, 1.807) is 11.0 Å². The van der Waals surface area contributed by atoms with Gasteiger partial charge in [0, 0.05) is 11.1 Å². The van der Waals surface area contributed by atoms with E-state index in [2.05, 4.69) is 0 Å². The van der Waals surface area contributed by atoms with E-state index in [1.165, 1.54) is 11.8 Å². The predicted molar refractivity (Wildman–Crippen MR) is 112 cm³/mol. The molecule has 2 heterocycles. The van der Waals surface area contributed by atoms with Gasteiger partial charge in [-0.1, -0.05) is 41.6 Å². The van der Waals surface area contributed by atoms with Crippen LogP contribution in [0.1, 0.15) is 24.2 Å². The van der Waals surface area contributed by atoms with Crippen LogP contribution in [-0.4, -0.2) is 46.7 Å². The van der Waals surface area contributed by atoms with Crippen molar-refractivity contribution in [2.45, 2.75) is 30.9 Å². The van der Waals surface area contributed by atoms with Gasteiger partial charge >= 0.3 is 6.09 Å². The van der Waals surface area contributed by atoms with Crippen molar-refractivity contribution in [2.75, 3.05) is 19.1 Å². The van der Waals surface area contributed by atoms with Crippen LogP contribution in [0.4, 0.5) is 4.79 Å². The molecule has 4 rings (SSSR count). The molecule has 1 saturated heterocycles. The first kappa shape index (κ1) is 20.2. The molecule has 3 atom stereocenters. The van der Waals surface area contributed by atoms with E-state index in [-0.39, 0.29) is 29.6 Å². The number of aliphatic hydroxyl groups excluding tert-OH is 1. The molecule has 29 heavy (non-hydrogen) atoms. The lowest BCUT2D eigenvalue weighted by Crippen LogP contribution is -2.35. The SMILES string of the molecule is CC(Cc1ccc2c(c1)OCC(SCO)O2)N1CC(c2cccc(Cl)c2)OC1=O. The largest absolute Gasteiger partial charge is 0.485 e. The zero-order valence-corrected chi connectivity index (χ0v) is 17.5. The van der Waals surface area contributed by atoms with E-state index < -0.39 is 0 Å². The molecule has 0 aromatic heterocycles. The fraction of sp³-hybridized carbons (Fsp3) is 0.381. The summed E-state index contributed by atoms with van der Waals surface area (Å²) in [5, 5.41) is 9.64. The van der Waals surface area contributed by atoms with Gasteiger partial charge in [-0.05, 0) is 48.7 Å². The second-order valence-corrected chi connectivity index (χ2v) is 8.62. The van der Waals surface area contributed by atoms with Crippen LogP contribution in [0.25, 0.3) is 0 Å². The third-order valence-corrected chi connectivity index (χ3v) is 6.01. The lowest BCUT2D eigenvalue weighted by Gasteiger charge is -2.27. The highest BCUT2D eigenvalue weighted by molar-refractivity contribution is 7.99. The maximum absolute atomic E-state index is 12.4. The second kappa shape index (κ2) is 8.73. The molecule has 6 nitrogen and oxygen atoms in total. The van der Waals surface area contributed by atoms with Gasteiger partial charge in [0.1, 0.15) is 12.7 Å². The molecule has 2 aromatic rings. The van der Waals surface area contributed by atoms with Crippen LogP contribution in [0.3, 0.4) is 0 Å². The summed E-state index contributed by atoms with van der Waals surface area (Å²) >= 11 is 7.35. The fourth-order valence-electron chi connectivity index (χ4n) is 3.56. The van der Waals surface area contributed by atoms with Crippen LogP contribution < -0.4 is 9.47 Å². The second-order valence-electron chi connectivity index (χ2n) is 7.07. The summed E-state index contributed by atoms with van der Waals surface area (Å²) in [5.74, 6) is 1.34. The number of carbonyl (C=O) groups excluding carboxylic acids is 1. The minimum atomic E-state index is -0.316. The Balaban J connectivity index is 1.40. The number of aliphatic hydroxyl groups is 1. The number of cyclic esters (lactones) is 1. The maximum atomic E-state index is 12.4. The number of hydrogen-bond donors (Lipinski definition) is 1. The van der Waals surface area contributed by atoms with Crippen LogP contribution in [0, 0.1) is 0 Å². The third kappa shape index (κ3) is 4.57. The fourth-order valence-corrected chi connectivity index (χ4v) is 4.26. The molecule has 2 aromatic carbocycles. The molecule has 2 aliphatic heterocycles. The lowest BCUT2D eigenvalue weighted by molar-refractivity contribution is 0.129. The highest BCUT2D eigenvalue weighted by atomic mass is 35.5. The summed E-state index contributed by atoms with van der Waals surface area (Å²) in [4.78, 5) is 14.2. The van der Waals surface area contributed by atoms with E-state index in [4.69, 9.17) is 30.9 Å². The number of ether oxygens (including phenoxy) is 3. The Labute approximate surface area is 178 Å². The molecule has 0 bridgehead atoms. The molecule has 0 saturated carbocycles. The highest BCUT2D eigenvalue weighted by Crippen LogP contribution is 2.36. The standard InChI is InChI=1S/C21H22ClNO5S/c1-13(23-10-19(28-21(23)25)15-3-2-4-16(22)9-15)7-14-5-6-17-18(8-14)26-11-20(27-17)29-12-24/h2-6,8-9,13,19-20,24H,7,10-12H2,1H3. The van der Waals surface area contributed by atoms with Gasteiger partial charge in [-0.2, -0.15) is 0 Å². The number of carbonyl (C=O) groups is 1. The lowest BCUT2D eigenvalue weighted by atomic mass is 10.0. The Hall–Kier alpha value is -2.09. The van der Waals surface area contributed by atoms with Crippen molar-refractivity contribution >= 4 is 29.5 Å². The number of hydrogen-bond acceptors (Lipinski definition) is 6. The minimum absolute atomic E-state index is 0.0128. The van der Waals surface area contributed by atoms with Gasteiger partial charge in [0.05, 0.1) is 12.5 Å². The highest BCUT2D eigenvalue weighted by Gasteiger charge is 2.35. The summed E-state index contributed by atoms with van der Waals surface area (Å²) in [6.45, 7) is 2.88. The van der Waals surface area contributed by atoms with Crippen LogP contribution >= 0.6 is 23.4 Å². The van der Waals surface area contributed by atoms with Crippen molar-refractivity contribution < 1.29 is 24.1 Å². The number of halogens is 1. The molecular weight excluding hydrogens is 414 g/mol. The number of nitrogens with zero attached hydrogens (tertiary/aromatic N) is 1. The van der Waals surface area contributed by atoms with E-state index in [0.29, 0.717) is 36.1 Å². The molecule has 1 N–H and O–H groups in total. The molecule has 0 radical (unpaired) electrons. The molecule has 0 spiro atoms. The smallest absolute Gasteiger partial charge is 0.410 e. The first-order valence-electron chi connectivity index (χ1n) is 9.41. The van der Waals surface area contributed by atoms with Crippen LogP contribution in [0.2, 0.25) is 5.02 Å². The maximum Gasteiger partial charge on any atom is 0.410 e. The molecule has 154 valence electrons. The van der Waals surface area contributed by atoms with Gasteiger partial charge < -0.3 is 24.2 Å². The third-order valence-electron chi connectivity index (χ3n) is 5.03. The van der Waals surface area contributed by atoms with E-state index >= 15 is 0 Å². The van der Waals surface area contributed by atoms with E-state index in [9.17, 15) is 4.79 Å². The number of thioether (sulfide) groups is 1. The molecule has 1 amide bonds. The average Bonchev–Trinajstić information content (AvgIpc) is 3.10. The summed E-state index contributed by atoms with van der Waals surface area (Å²) in [6.07, 6.45) is 0.0387. The average molecular weight is 436 g/mol. The Morgan fingerprint density at radius 2 is 2.10 bits per heavy atom. The van der Waals surface area contributed by atoms with Gasteiger partial charge in [0.2, 0.25) is 0 Å². The van der Waals surface area contributed by atoms with Crippen LogP contribution in [-0.2, 0) is 11.2 Å². The number of benzene rings is 2. The Kier molecular flexibility index (Phi) is 6.08.